The third kappa shape index (κ3) is 3.85. The van der Waals surface area contributed by atoms with Crippen molar-refractivity contribution in [3.05, 3.63) is 59.4 Å². The van der Waals surface area contributed by atoms with E-state index in [2.05, 4.69) is 17.6 Å². The van der Waals surface area contributed by atoms with Crippen molar-refractivity contribution in [2.24, 2.45) is 0 Å². The Bertz CT molecular complexity index is 820. The SMILES string of the molecule is CCc1ccc(NC(=O)N[C@H]2CCN(c3ccc(F)c(C)c3)C2=O)cc1. The van der Waals surface area contributed by atoms with E-state index in [1.54, 1.807) is 24.0 Å². The van der Waals surface area contributed by atoms with Crippen molar-refractivity contribution >= 4 is 23.3 Å². The second kappa shape index (κ2) is 7.56. The maximum Gasteiger partial charge on any atom is 0.319 e. The second-order valence-electron chi connectivity index (χ2n) is 6.41. The van der Waals surface area contributed by atoms with Gasteiger partial charge >= 0.3 is 6.03 Å². The molecule has 2 aromatic carbocycles. The van der Waals surface area contributed by atoms with Crippen LogP contribution >= 0.6 is 0 Å². The van der Waals surface area contributed by atoms with Gasteiger partial charge in [0.25, 0.3) is 0 Å². The molecule has 5 nitrogen and oxygen atoms in total. The van der Waals surface area contributed by atoms with Crippen molar-refractivity contribution in [2.45, 2.75) is 32.7 Å². The molecule has 3 rings (SSSR count). The zero-order valence-electron chi connectivity index (χ0n) is 14.9. The number of anilines is 2. The minimum absolute atomic E-state index is 0.188. The number of nitrogens with zero attached hydrogens (tertiary/aromatic N) is 1. The molecule has 1 heterocycles. The van der Waals surface area contributed by atoms with Gasteiger partial charge in [-0.15, -0.1) is 0 Å². The third-order valence-corrected chi connectivity index (χ3v) is 4.58. The summed E-state index contributed by atoms with van der Waals surface area (Å²) in [5.74, 6) is -0.490. The molecular formula is C20H22FN3O2. The van der Waals surface area contributed by atoms with Gasteiger partial charge < -0.3 is 15.5 Å². The quantitative estimate of drug-likeness (QED) is 0.880. The van der Waals surface area contributed by atoms with Gasteiger partial charge in [-0.25, -0.2) is 9.18 Å². The fraction of sp³-hybridized carbons (Fsp3) is 0.300. The second-order valence-corrected chi connectivity index (χ2v) is 6.41. The molecule has 1 aliphatic heterocycles. The molecule has 26 heavy (non-hydrogen) atoms. The highest BCUT2D eigenvalue weighted by Crippen LogP contribution is 2.24. The third-order valence-electron chi connectivity index (χ3n) is 4.58. The van der Waals surface area contributed by atoms with Crippen LogP contribution in [0.15, 0.2) is 42.5 Å². The zero-order chi connectivity index (χ0) is 18.7. The Kier molecular flexibility index (Phi) is 5.21. The van der Waals surface area contributed by atoms with E-state index in [9.17, 15) is 14.0 Å². The van der Waals surface area contributed by atoms with Gasteiger partial charge in [-0.05, 0) is 61.2 Å². The predicted molar refractivity (Wildman–Crippen MR) is 99.9 cm³/mol. The van der Waals surface area contributed by atoms with Crippen molar-refractivity contribution in [1.82, 2.24) is 5.32 Å². The van der Waals surface area contributed by atoms with Gasteiger partial charge in [0, 0.05) is 17.9 Å². The summed E-state index contributed by atoms with van der Waals surface area (Å²) < 4.78 is 13.4. The summed E-state index contributed by atoms with van der Waals surface area (Å²) in [5, 5.41) is 5.46. The van der Waals surface area contributed by atoms with Crippen LogP contribution in [0.2, 0.25) is 0 Å². The van der Waals surface area contributed by atoms with Crippen molar-refractivity contribution in [2.75, 3.05) is 16.8 Å². The fourth-order valence-electron chi connectivity index (χ4n) is 3.02. The first kappa shape index (κ1) is 17.9. The molecule has 0 aliphatic carbocycles. The van der Waals surface area contributed by atoms with E-state index in [0.717, 1.165) is 6.42 Å². The molecule has 0 saturated carbocycles. The highest BCUT2D eigenvalue weighted by Gasteiger charge is 2.33. The standard InChI is InChI=1S/C20H22FN3O2/c1-3-14-4-6-15(7-5-14)22-20(26)23-18-10-11-24(19(18)25)16-8-9-17(21)13(2)12-16/h4-9,12,18H,3,10-11H2,1-2H3,(H2,22,23,26)/t18-/m0/s1. The summed E-state index contributed by atoms with van der Waals surface area (Å²) in [6, 6.07) is 11.2. The summed E-state index contributed by atoms with van der Waals surface area (Å²) in [4.78, 5) is 26.3. The lowest BCUT2D eigenvalue weighted by molar-refractivity contribution is -0.118. The van der Waals surface area contributed by atoms with E-state index < -0.39 is 12.1 Å². The Hall–Kier alpha value is -2.89. The number of amides is 3. The van der Waals surface area contributed by atoms with Gasteiger partial charge in [-0.3, -0.25) is 4.79 Å². The average molecular weight is 355 g/mol. The number of nitrogens with one attached hydrogen (secondary N) is 2. The topological polar surface area (TPSA) is 61.4 Å². The normalized spacial score (nSPS) is 16.7. The Labute approximate surface area is 152 Å². The molecule has 2 aromatic rings. The Morgan fingerprint density at radius 3 is 2.62 bits per heavy atom. The van der Waals surface area contributed by atoms with E-state index >= 15 is 0 Å². The molecule has 1 fully saturated rings. The number of aryl methyl sites for hydroxylation is 2. The molecule has 2 N–H and O–H groups in total. The predicted octanol–water partition coefficient (Wildman–Crippen LogP) is 3.62. The minimum atomic E-state index is -0.588. The number of urea groups is 1. The number of carbonyl (C=O) groups is 2. The van der Waals surface area contributed by atoms with Crippen molar-refractivity contribution < 1.29 is 14.0 Å². The fourth-order valence-corrected chi connectivity index (χ4v) is 3.02. The molecule has 0 radical (unpaired) electrons. The Morgan fingerprint density at radius 1 is 1.23 bits per heavy atom. The largest absolute Gasteiger partial charge is 0.326 e. The highest BCUT2D eigenvalue weighted by molar-refractivity contribution is 6.02. The molecule has 3 amide bonds. The maximum atomic E-state index is 13.4. The molecule has 136 valence electrons. The highest BCUT2D eigenvalue weighted by atomic mass is 19.1. The van der Waals surface area contributed by atoms with Crippen molar-refractivity contribution in [3.63, 3.8) is 0 Å². The van der Waals surface area contributed by atoms with E-state index in [1.807, 2.05) is 24.3 Å². The zero-order valence-corrected chi connectivity index (χ0v) is 14.9. The van der Waals surface area contributed by atoms with Gasteiger partial charge in [-0.1, -0.05) is 19.1 Å². The number of hydrogen-bond donors (Lipinski definition) is 2. The van der Waals surface area contributed by atoms with Gasteiger partial charge in [0.05, 0.1) is 0 Å². The van der Waals surface area contributed by atoms with Crippen LogP contribution in [0.1, 0.15) is 24.5 Å². The van der Waals surface area contributed by atoms with E-state index in [4.69, 9.17) is 0 Å². The first-order valence-electron chi connectivity index (χ1n) is 8.72. The number of carbonyl (C=O) groups excluding carboxylic acids is 2. The summed E-state index contributed by atoms with van der Waals surface area (Å²) in [7, 11) is 0. The van der Waals surface area contributed by atoms with Crippen LogP contribution in [0, 0.1) is 12.7 Å². The summed E-state index contributed by atoms with van der Waals surface area (Å²) in [6.45, 7) is 4.21. The van der Waals surface area contributed by atoms with Crippen LogP contribution in [-0.4, -0.2) is 24.5 Å². The number of halogens is 1. The van der Waals surface area contributed by atoms with Crippen molar-refractivity contribution in [1.29, 1.82) is 0 Å². The van der Waals surface area contributed by atoms with E-state index in [0.29, 0.717) is 29.9 Å². The summed E-state index contributed by atoms with van der Waals surface area (Å²) in [6.07, 6.45) is 1.44. The molecule has 6 heteroatoms. The van der Waals surface area contributed by atoms with Gasteiger partial charge in [0.1, 0.15) is 11.9 Å². The summed E-state index contributed by atoms with van der Waals surface area (Å²) >= 11 is 0. The molecule has 0 spiro atoms. The lowest BCUT2D eigenvalue weighted by Gasteiger charge is -2.18. The van der Waals surface area contributed by atoms with Gasteiger partial charge in [0.15, 0.2) is 0 Å². The molecule has 1 saturated heterocycles. The first-order chi connectivity index (χ1) is 12.5. The molecule has 0 unspecified atom stereocenters. The molecule has 1 atom stereocenters. The number of rotatable bonds is 4. The average Bonchev–Trinajstić information content (AvgIpc) is 2.98. The van der Waals surface area contributed by atoms with E-state index in [1.165, 1.54) is 11.6 Å². The molecule has 0 aromatic heterocycles. The van der Waals surface area contributed by atoms with E-state index in [-0.39, 0.29) is 11.7 Å². The smallest absolute Gasteiger partial charge is 0.319 e. The van der Waals surface area contributed by atoms with Crippen LogP contribution in [0.4, 0.5) is 20.6 Å². The minimum Gasteiger partial charge on any atom is -0.326 e. The number of benzene rings is 2. The Morgan fingerprint density at radius 2 is 1.96 bits per heavy atom. The van der Waals surface area contributed by atoms with Crippen molar-refractivity contribution in [3.8, 4) is 0 Å². The van der Waals surface area contributed by atoms with Crippen LogP contribution in [0.3, 0.4) is 0 Å². The first-order valence-corrected chi connectivity index (χ1v) is 8.72. The lowest BCUT2D eigenvalue weighted by Crippen LogP contribution is -2.43. The molecular weight excluding hydrogens is 333 g/mol. The maximum absolute atomic E-state index is 13.4. The van der Waals surface area contributed by atoms with Crippen LogP contribution in [-0.2, 0) is 11.2 Å². The lowest BCUT2D eigenvalue weighted by atomic mass is 10.1. The summed E-state index contributed by atoms with van der Waals surface area (Å²) in [5.41, 5.74) is 3.00. The van der Waals surface area contributed by atoms with Crippen LogP contribution < -0.4 is 15.5 Å². The van der Waals surface area contributed by atoms with Gasteiger partial charge in [-0.2, -0.15) is 0 Å². The molecule has 0 bridgehead atoms. The molecule has 1 aliphatic rings. The van der Waals surface area contributed by atoms with Crippen LogP contribution in [0.25, 0.3) is 0 Å². The monoisotopic (exact) mass is 355 g/mol. The number of hydrogen-bond acceptors (Lipinski definition) is 2. The van der Waals surface area contributed by atoms with Crippen LogP contribution in [0.5, 0.6) is 0 Å². The Balaban J connectivity index is 1.60. The van der Waals surface area contributed by atoms with Gasteiger partial charge in [0.2, 0.25) is 5.91 Å².